The van der Waals surface area contributed by atoms with Crippen molar-refractivity contribution in [3.8, 4) is 0 Å². The van der Waals surface area contributed by atoms with Crippen LogP contribution in [0.2, 0.25) is 0 Å². The van der Waals surface area contributed by atoms with Gasteiger partial charge < -0.3 is 10.6 Å². The molecule has 1 aliphatic rings. The van der Waals surface area contributed by atoms with Gasteiger partial charge >= 0.3 is 0 Å². The van der Waals surface area contributed by atoms with Crippen LogP contribution in [0.25, 0.3) is 0 Å². The number of hydrogen-bond donors (Lipinski definition) is 1. The van der Waals surface area contributed by atoms with Crippen molar-refractivity contribution in [2.45, 2.75) is 31.8 Å². The maximum Gasteiger partial charge on any atom is 0.254 e. The van der Waals surface area contributed by atoms with Gasteiger partial charge in [0.05, 0.1) is 0 Å². The molecule has 4 heteroatoms. The molecule has 1 saturated heterocycles. The molecule has 1 aromatic rings. The molecule has 1 aromatic heterocycles. The van der Waals surface area contributed by atoms with E-state index in [1.807, 2.05) is 4.90 Å². The van der Waals surface area contributed by atoms with Gasteiger partial charge in [-0.05, 0) is 32.4 Å². The first kappa shape index (κ1) is 11.1. The van der Waals surface area contributed by atoms with Crippen LogP contribution >= 0.6 is 0 Å². The lowest BCUT2D eigenvalue weighted by Crippen LogP contribution is -2.42. The zero-order chi connectivity index (χ0) is 11.8. The Kier molecular flexibility index (Phi) is 2.68. The highest BCUT2D eigenvalue weighted by atomic mass is 16.2. The van der Waals surface area contributed by atoms with Crippen molar-refractivity contribution < 1.29 is 4.79 Å². The standard InChI is InChI=1S/C12H17N3O/c1-12(2)7-10(13)8-15(12)11(16)9-3-5-14-6-4-9/h3-6,10H,7-8,13H2,1-2H3. The normalized spacial score (nSPS) is 23.4. The van der Waals surface area contributed by atoms with E-state index in [1.54, 1.807) is 24.5 Å². The molecule has 0 spiro atoms. The zero-order valence-corrected chi connectivity index (χ0v) is 9.68. The van der Waals surface area contributed by atoms with Gasteiger partial charge in [0.25, 0.3) is 5.91 Å². The molecule has 0 bridgehead atoms. The summed E-state index contributed by atoms with van der Waals surface area (Å²) in [6, 6.07) is 3.56. The van der Waals surface area contributed by atoms with Crippen LogP contribution in [0.15, 0.2) is 24.5 Å². The van der Waals surface area contributed by atoms with Gasteiger partial charge in [0.1, 0.15) is 0 Å². The largest absolute Gasteiger partial charge is 0.332 e. The molecule has 2 rings (SSSR count). The first-order valence-corrected chi connectivity index (χ1v) is 5.48. The molecule has 1 aliphatic heterocycles. The number of nitrogens with two attached hydrogens (primary N) is 1. The van der Waals surface area contributed by atoms with Gasteiger partial charge in [-0.1, -0.05) is 0 Å². The van der Waals surface area contributed by atoms with Gasteiger partial charge in [0.2, 0.25) is 0 Å². The summed E-state index contributed by atoms with van der Waals surface area (Å²) in [6.45, 7) is 4.74. The highest BCUT2D eigenvalue weighted by Gasteiger charge is 2.39. The fourth-order valence-corrected chi connectivity index (χ4v) is 2.31. The van der Waals surface area contributed by atoms with Gasteiger partial charge in [-0.2, -0.15) is 0 Å². The molecule has 86 valence electrons. The molecular weight excluding hydrogens is 202 g/mol. The molecular formula is C12H17N3O. The SMILES string of the molecule is CC1(C)CC(N)CN1C(=O)c1ccncc1. The number of hydrogen-bond acceptors (Lipinski definition) is 3. The van der Waals surface area contributed by atoms with E-state index in [0.29, 0.717) is 12.1 Å². The lowest BCUT2D eigenvalue weighted by Gasteiger charge is -2.31. The molecule has 2 N–H and O–H groups in total. The maximum absolute atomic E-state index is 12.3. The Morgan fingerprint density at radius 3 is 2.62 bits per heavy atom. The summed E-state index contributed by atoms with van der Waals surface area (Å²) in [6.07, 6.45) is 4.12. The first-order chi connectivity index (χ1) is 7.50. The van der Waals surface area contributed by atoms with E-state index in [-0.39, 0.29) is 17.5 Å². The Labute approximate surface area is 95.5 Å². The summed E-state index contributed by atoms with van der Waals surface area (Å²) < 4.78 is 0. The number of nitrogens with zero attached hydrogens (tertiary/aromatic N) is 2. The second-order valence-electron chi connectivity index (χ2n) is 4.93. The third kappa shape index (κ3) is 1.93. The average molecular weight is 219 g/mol. The summed E-state index contributed by atoms with van der Waals surface area (Å²) in [7, 11) is 0. The number of likely N-dealkylation sites (tertiary alicyclic amines) is 1. The van der Waals surface area contributed by atoms with Crippen LogP contribution in [-0.2, 0) is 0 Å². The Balaban J connectivity index is 2.23. The monoisotopic (exact) mass is 219 g/mol. The second kappa shape index (κ2) is 3.87. The van der Waals surface area contributed by atoms with E-state index >= 15 is 0 Å². The third-order valence-electron chi connectivity index (χ3n) is 3.08. The summed E-state index contributed by atoms with van der Waals surface area (Å²) in [5.41, 5.74) is 6.44. The fraction of sp³-hybridized carbons (Fsp3) is 0.500. The predicted molar refractivity (Wildman–Crippen MR) is 61.9 cm³/mol. The van der Waals surface area contributed by atoms with E-state index < -0.39 is 0 Å². The number of carbonyl (C=O) groups excluding carboxylic acids is 1. The highest BCUT2D eigenvalue weighted by Crippen LogP contribution is 2.29. The highest BCUT2D eigenvalue weighted by molar-refractivity contribution is 5.94. The number of carbonyl (C=O) groups is 1. The van der Waals surface area contributed by atoms with Gasteiger partial charge in [-0.25, -0.2) is 0 Å². The van der Waals surface area contributed by atoms with Gasteiger partial charge in [0, 0.05) is 36.1 Å². The quantitative estimate of drug-likeness (QED) is 0.767. The van der Waals surface area contributed by atoms with Crippen molar-refractivity contribution in [1.82, 2.24) is 9.88 Å². The van der Waals surface area contributed by atoms with Crippen molar-refractivity contribution in [3.05, 3.63) is 30.1 Å². The van der Waals surface area contributed by atoms with Crippen LogP contribution in [0.1, 0.15) is 30.6 Å². The Bertz CT molecular complexity index is 389. The second-order valence-corrected chi connectivity index (χ2v) is 4.93. The van der Waals surface area contributed by atoms with E-state index in [4.69, 9.17) is 5.73 Å². The van der Waals surface area contributed by atoms with Crippen LogP contribution in [0.5, 0.6) is 0 Å². The van der Waals surface area contributed by atoms with E-state index in [1.165, 1.54) is 0 Å². The molecule has 1 fully saturated rings. The molecule has 1 unspecified atom stereocenters. The smallest absolute Gasteiger partial charge is 0.254 e. The Hall–Kier alpha value is -1.42. The van der Waals surface area contributed by atoms with Crippen LogP contribution in [-0.4, -0.2) is 33.9 Å². The van der Waals surface area contributed by atoms with Crippen LogP contribution in [0, 0.1) is 0 Å². The van der Waals surface area contributed by atoms with Gasteiger partial charge in [0.15, 0.2) is 0 Å². The van der Waals surface area contributed by atoms with Crippen molar-refractivity contribution in [1.29, 1.82) is 0 Å². The van der Waals surface area contributed by atoms with Crippen molar-refractivity contribution in [2.24, 2.45) is 5.73 Å². The minimum Gasteiger partial charge on any atom is -0.332 e. The Morgan fingerprint density at radius 2 is 2.12 bits per heavy atom. The molecule has 2 heterocycles. The minimum atomic E-state index is -0.153. The molecule has 0 aromatic carbocycles. The first-order valence-electron chi connectivity index (χ1n) is 5.48. The zero-order valence-electron chi connectivity index (χ0n) is 9.68. The molecule has 4 nitrogen and oxygen atoms in total. The van der Waals surface area contributed by atoms with Crippen LogP contribution in [0.3, 0.4) is 0 Å². The summed E-state index contributed by atoms with van der Waals surface area (Å²) in [4.78, 5) is 18.0. The lowest BCUT2D eigenvalue weighted by molar-refractivity contribution is 0.0651. The van der Waals surface area contributed by atoms with Crippen molar-refractivity contribution in [3.63, 3.8) is 0 Å². The third-order valence-corrected chi connectivity index (χ3v) is 3.08. The van der Waals surface area contributed by atoms with E-state index in [9.17, 15) is 4.79 Å². The lowest BCUT2D eigenvalue weighted by atomic mass is 10.00. The summed E-state index contributed by atoms with van der Waals surface area (Å²) in [5.74, 6) is 0.0420. The van der Waals surface area contributed by atoms with Gasteiger partial charge in [-0.15, -0.1) is 0 Å². The van der Waals surface area contributed by atoms with Crippen LogP contribution < -0.4 is 5.73 Å². The van der Waals surface area contributed by atoms with E-state index in [2.05, 4.69) is 18.8 Å². The van der Waals surface area contributed by atoms with Crippen molar-refractivity contribution >= 4 is 5.91 Å². The van der Waals surface area contributed by atoms with Gasteiger partial charge in [-0.3, -0.25) is 9.78 Å². The Morgan fingerprint density at radius 1 is 1.50 bits per heavy atom. The number of amides is 1. The molecule has 16 heavy (non-hydrogen) atoms. The molecule has 1 atom stereocenters. The topological polar surface area (TPSA) is 59.2 Å². The maximum atomic E-state index is 12.3. The average Bonchev–Trinajstić information content (AvgIpc) is 2.52. The molecule has 0 aliphatic carbocycles. The number of pyridine rings is 1. The predicted octanol–water partition coefficient (Wildman–Crippen LogP) is 1.03. The molecule has 0 saturated carbocycles. The number of rotatable bonds is 1. The summed E-state index contributed by atoms with van der Waals surface area (Å²) >= 11 is 0. The minimum absolute atomic E-state index is 0.0420. The molecule has 1 amide bonds. The van der Waals surface area contributed by atoms with E-state index in [0.717, 1.165) is 6.42 Å². The van der Waals surface area contributed by atoms with Crippen molar-refractivity contribution in [2.75, 3.05) is 6.54 Å². The summed E-state index contributed by atoms with van der Waals surface area (Å²) in [5, 5.41) is 0. The van der Waals surface area contributed by atoms with Crippen LogP contribution in [0.4, 0.5) is 0 Å². The fourth-order valence-electron chi connectivity index (χ4n) is 2.31. The number of aromatic nitrogens is 1. The molecule has 0 radical (unpaired) electrons.